The molecule has 2 aliphatic heterocycles. The van der Waals surface area contributed by atoms with Crippen LogP contribution in [0.25, 0.3) is 0 Å². The zero-order chi connectivity index (χ0) is 21.0. The predicted molar refractivity (Wildman–Crippen MR) is 116 cm³/mol. The molecule has 2 aromatic rings. The number of amides is 1. The van der Waals surface area contributed by atoms with E-state index in [0.717, 1.165) is 25.9 Å². The molecule has 0 bridgehead atoms. The Morgan fingerprint density at radius 3 is 2.20 bits per heavy atom. The number of carbonyl (C=O) groups excluding carboxylic acids is 1. The molecule has 0 unspecified atom stereocenters. The lowest BCUT2D eigenvalue weighted by Crippen LogP contribution is -3.11. The fourth-order valence-corrected chi connectivity index (χ4v) is 6.03. The van der Waals surface area contributed by atoms with Crippen molar-refractivity contribution in [2.45, 2.75) is 36.6 Å². The number of nitrogens with one attached hydrogen (secondary N) is 2. The van der Waals surface area contributed by atoms with E-state index in [1.54, 1.807) is 24.3 Å². The average molecular weight is 429 g/mol. The maximum Gasteiger partial charge on any atom is 0.251 e. The highest BCUT2D eigenvalue weighted by atomic mass is 32.2. The second-order valence-corrected chi connectivity index (χ2v) is 10.1. The van der Waals surface area contributed by atoms with Crippen LogP contribution in [0.15, 0.2) is 59.5 Å². The standard InChI is InChI=1S/C23H29N3O3S/c27-23(20-10-12-21(13-11-20)30(28,29)26-16-6-7-17-26)24-18-22(25-14-4-5-15-25)19-8-2-1-3-9-19/h1-3,8-13,22H,4-7,14-18H2,(H,24,27)/p+1/t22-/m1/s1. The highest BCUT2D eigenvalue weighted by Gasteiger charge is 2.29. The van der Waals surface area contributed by atoms with Gasteiger partial charge in [0.1, 0.15) is 6.04 Å². The molecule has 4 rings (SSSR count). The number of likely N-dealkylation sites (tertiary alicyclic amines) is 1. The van der Waals surface area contributed by atoms with Crippen LogP contribution in [-0.2, 0) is 10.0 Å². The normalized spacial score (nSPS) is 19.1. The quantitative estimate of drug-likeness (QED) is 0.704. The zero-order valence-electron chi connectivity index (χ0n) is 17.2. The SMILES string of the molecule is O=C(NC[C@H](c1ccccc1)[NH+]1CCCC1)c1ccc(S(=O)(=O)N2CCCC2)cc1. The van der Waals surface area contributed by atoms with Crippen molar-refractivity contribution in [3.63, 3.8) is 0 Å². The van der Waals surface area contributed by atoms with E-state index in [9.17, 15) is 13.2 Å². The molecule has 1 atom stereocenters. The molecular formula is C23H30N3O3S+. The van der Waals surface area contributed by atoms with Gasteiger partial charge in [-0.25, -0.2) is 8.42 Å². The summed E-state index contributed by atoms with van der Waals surface area (Å²) in [6.45, 7) is 3.96. The number of rotatable bonds is 7. The molecule has 0 aliphatic carbocycles. The van der Waals surface area contributed by atoms with Crippen LogP contribution in [-0.4, -0.2) is 51.4 Å². The fourth-order valence-electron chi connectivity index (χ4n) is 4.51. The van der Waals surface area contributed by atoms with Gasteiger partial charge in [-0.3, -0.25) is 4.79 Å². The third kappa shape index (κ3) is 4.58. The Morgan fingerprint density at radius 2 is 1.57 bits per heavy atom. The lowest BCUT2D eigenvalue weighted by atomic mass is 10.1. The minimum atomic E-state index is -3.46. The first kappa shape index (κ1) is 21.0. The molecule has 7 heteroatoms. The maximum absolute atomic E-state index is 12.7. The number of quaternary nitrogens is 1. The number of nitrogens with zero attached hydrogens (tertiary/aromatic N) is 1. The monoisotopic (exact) mass is 428 g/mol. The van der Waals surface area contributed by atoms with Gasteiger partial charge in [0, 0.05) is 37.1 Å². The van der Waals surface area contributed by atoms with E-state index in [-0.39, 0.29) is 16.8 Å². The number of hydrogen-bond donors (Lipinski definition) is 2. The molecule has 2 fully saturated rings. The van der Waals surface area contributed by atoms with E-state index in [1.807, 2.05) is 18.2 Å². The van der Waals surface area contributed by atoms with Gasteiger partial charge >= 0.3 is 0 Å². The van der Waals surface area contributed by atoms with E-state index in [4.69, 9.17) is 0 Å². The number of carbonyl (C=O) groups is 1. The third-order valence-corrected chi connectivity index (χ3v) is 8.14. The Bertz CT molecular complexity index is 949. The van der Waals surface area contributed by atoms with Gasteiger partial charge in [-0.15, -0.1) is 0 Å². The van der Waals surface area contributed by atoms with Gasteiger partial charge in [0.2, 0.25) is 10.0 Å². The maximum atomic E-state index is 12.7. The van der Waals surface area contributed by atoms with Crippen LogP contribution in [0.4, 0.5) is 0 Å². The van der Waals surface area contributed by atoms with Crippen molar-refractivity contribution in [1.82, 2.24) is 9.62 Å². The van der Waals surface area contributed by atoms with Crippen LogP contribution in [0.5, 0.6) is 0 Å². The lowest BCUT2D eigenvalue weighted by Gasteiger charge is -2.25. The average Bonchev–Trinajstić information content (AvgIpc) is 3.49. The van der Waals surface area contributed by atoms with E-state index >= 15 is 0 Å². The first-order valence-electron chi connectivity index (χ1n) is 10.8. The van der Waals surface area contributed by atoms with Gasteiger partial charge < -0.3 is 10.2 Å². The molecule has 2 saturated heterocycles. The summed E-state index contributed by atoms with van der Waals surface area (Å²) in [6.07, 6.45) is 4.25. The van der Waals surface area contributed by atoms with E-state index in [1.165, 1.54) is 27.6 Å². The molecule has 2 aromatic carbocycles. The highest BCUT2D eigenvalue weighted by Crippen LogP contribution is 2.21. The molecular weight excluding hydrogens is 398 g/mol. The van der Waals surface area contributed by atoms with Crippen LogP contribution >= 0.6 is 0 Å². The molecule has 0 saturated carbocycles. The van der Waals surface area contributed by atoms with Gasteiger partial charge in [-0.05, 0) is 37.1 Å². The molecule has 1 amide bonds. The molecule has 160 valence electrons. The van der Waals surface area contributed by atoms with Crippen molar-refractivity contribution in [2.75, 3.05) is 32.7 Å². The van der Waals surface area contributed by atoms with E-state index < -0.39 is 10.0 Å². The van der Waals surface area contributed by atoms with Gasteiger partial charge in [0.05, 0.1) is 24.5 Å². The smallest absolute Gasteiger partial charge is 0.251 e. The molecule has 6 nitrogen and oxygen atoms in total. The molecule has 30 heavy (non-hydrogen) atoms. The predicted octanol–water partition coefficient (Wildman–Crippen LogP) is 1.62. The summed E-state index contributed by atoms with van der Waals surface area (Å²) in [5.74, 6) is -0.167. The number of sulfonamides is 1. The Morgan fingerprint density at radius 1 is 0.933 bits per heavy atom. The lowest BCUT2D eigenvalue weighted by molar-refractivity contribution is -0.918. The van der Waals surface area contributed by atoms with Crippen LogP contribution in [0.3, 0.4) is 0 Å². The topological polar surface area (TPSA) is 70.9 Å². The van der Waals surface area contributed by atoms with Crippen molar-refractivity contribution in [2.24, 2.45) is 0 Å². The first-order chi connectivity index (χ1) is 14.6. The van der Waals surface area contributed by atoms with Gasteiger partial charge in [0.15, 0.2) is 0 Å². The number of hydrogen-bond acceptors (Lipinski definition) is 3. The molecule has 0 spiro atoms. The minimum absolute atomic E-state index is 0.167. The fraction of sp³-hybridized carbons (Fsp3) is 0.435. The van der Waals surface area contributed by atoms with Crippen LogP contribution < -0.4 is 10.2 Å². The summed E-state index contributed by atoms with van der Waals surface area (Å²) in [5.41, 5.74) is 1.72. The summed E-state index contributed by atoms with van der Waals surface area (Å²) in [5, 5.41) is 3.07. The minimum Gasteiger partial charge on any atom is -0.346 e. The summed E-state index contributed by atoms with van der Waals surface area (Å²) >= 11 is 0. The van der Waals surface area contributed by atoms with Gasteiger partial charge in [-0.2, -0.15) is 4.31 Å². The van der Waals surface area contributed by atoms with Crippen molar-refractivity contribution in [1.29, 1.82) is 0 Å². The Balaban J connectivity index is 1.42. The van der Waals surface area contributed by atoms with Crippen molar-refractivity contribution < 1.29 is 18.1 Å². The van der Waals surface area contributed by atoms with Crippen LogP contribution in [0.1, 0.15) is 47.6 Å². The molecule has 2 aliphatic rings. The summed E-state index contributed by atoms with van der Waals surface area (Å²) < 4.78 is 26.8. The molecule has 2 N–H and O–H groups in total. The second kappa shape index (κ2) is 9.29. The number of benzene rings is 2. The highest BCUT2D eigenvalue weighted by molar-refractivity contribution is 7.89. The van der Waals surface area contributed by atoms with Gasteiger partial charge in [-0.1, -0.05) is 30.3 Å². The van der Waals surface area contributed by atoms with Crippen LogP contribution in [0.2, 0.25) is 0 Å². The molecule has 0 aromatic heterocycles. The first-order valence-corrected chi connectivity index (χ1v) is 12.3. The largest absolute Gasteiger partial charge is 0.346 e. The van der Waals surface area contributed by atoms with Crippen molar-refractivity contribution in [3.8, 4) is 0 Å². The van der Waals surface area contributed by atoms with Crippen molar-refractivity contribution >= 4 is 15.9 Å². The second-order valence-electron chi connectivity index (χ2n) is 8.17. The summed E-state index contributed by atoms with van der Waals surface area (Å²) in [6, 6.07) is 16.9. The van der Waals surface area contributed by atoms with Gasteiger partial charge in [0.25, 0.3) is 5.91 Å². The van der Waals surface area contributed by atoms with Crippen LogP contribution in [0, 0.1) is 0 Å². The molecule has 2 heterocycles. The summed E-state index contributed by atoms with van der Waals surface area (Å²) in [4.78, 5) is 14.5. The van der Waals surface area contributed by atoms with E-state index in [2.05, 4.69) is 17.4 Å². The Kier molecular flexibility index (Phi) is 6.51. The summed E-state index contributed by atoms with van der Waals surface area (Å²) in [7, 11) is -3.46. The Hall–Kier alpha value is -2.22. The van der Waals surface area contributed by atoms with E-state index in [0.29, 0.717) is 25.2 Å². The Labute approximate surface area is 178 Å². The zero-order valence-corrected chi connectivity index (χ0v) is 18.0. The molecule has 0 radical (unpaired) electrons. The van der Waals surface area contributed by atoms with Crippen molar-refractivity contribution in [3.05, 3.63) is 65.7 Å². The third-order valence-electron chi connectivity index (χ3n) is 6.23.